The maximum atomic E-state index is 12.6. The number of fused-ring (bicyclic) bond motifs is 1. The van der Waals surface area contributed by atoms with Crippen LogP contribution in [0.1, 0.15) is 5.56 Å². The molecule has 1 atom stereocenters. The van der Waals surface area contributed by atoms with Crippen molar-refractivity contribution in [3.8, 4) is 5.75 Å². The Morgan fingerprint density at radius 2 is 2.05 bits per heavy atom. The number of hydrogen-bond donors (Lipinski definition) is 1. The first-order valence-electron chi connectivity index (χ1n) is 6.46. The molecule has 1 heterocycles. The normalized spacial score (nSPS) is 12.4. The molecule has 0 radical (unpaired) electrons. The average Bonchev–Trinajstić information content (AvgIpc) is 2.91. The molecule has 0 amide bonds. The van der Waals surface area contributed by atoms with E-state index in [2.05, 4.69) is 17.5 Å². The first kappa shape index (κ1) is 14.1. The van der Waals surface area contributed by atoms with Crippen LogP contribution in [-0.2, 0) is 16.6 Å². The summed E-state index contributed by atoms with van der Waals surface area (Å²) >= 11 is 1.67. The summed E-state index contributed by atoms with van der Waals surface area (Å²) < 4.78 is 19.0. The van der Waals surface area contributed by atoms with Gasteiger partial charge in [-0.05, 0) is 40.6 Å². The van der Waals surface area contributed by atoms with E-state index in [1.165, 1.54) is 4.70 Å². The van der Waals surface area contributed by atoms with Gasteiger partial charge in [0.25, 0.3) is 0 Å². The van der Waals surface area contributed by atoms with E-state index in [-0.39, 0.29) is 0 Å². The van der Waals surface area contributed by atoms with Gasteiger partial charge in [-0.25, -0.2) is 0 Å². The quantitative estimate of drug-likeness (QED) is 0.745. The van der Waals surface area contributed by atoms with Gasteiger partial charge in [-0.1, -0.05) is 18.2 Å². The molecule has 3 rings (SSSR count). The Morgan fingerprint density at radius 1 is 1.24 bits per heavy atom. The van der Waals surface area contributed by atoms with E-state index in [9.17, 15) is 4.21 Å². The Kier molecular flexibility index (Phi) is 3.94. The van der Waals surface area contributed by atoms with Crippen molar-refractivity contribution < 1.29 is 8.95 Å². The van der Waals surface area contributed by atoms with Crippen molar-refractivity contribution in [1.29, 1.82) is 0 Å². The lowest BCUT2D eigenvalue weighted by Gasteiger charge is -2.08. The molecule has 108 valence electrons. The number of ether oxygens (including phenoxy) is 1. The molecule has 5 heteroatoms. The minimum absolute atomic E-state index is 0.460. The third kappa shape index (κ3) is 2.80. The highest BCUT2D eigenvalue weighted by molar-refractivity contribution is 7.84. The second-order valence-electron chi connectivity index (χ2n) is 4.65. The number of nitrogen functional groups attached to an aromatic ring is 1. The van der Waals surface area contributed by atoms with Gasteiger partial charge in [0, 0.05) is 10.4 Å². The second kappa shape index (κ2) is 5.87. The van der Waals surface area contributed by atoms with Crippen LogP contribution >= 0.6 is 11.3 Å². The Morgan fingerprint density at radius 3 is 2.86 bits per heavy atom. The molecular weight excluding hydrogens is 302 g/mol. The molecule has 0 spiro atoms. The zero-order chi connectivity index (χ0) is 14.8. The summed E-state index contributed by atoms with van der Waals surface area (Å²) in [6.45, 7) is 0. The predicted molar refractivity (Wildman–Crippen MR) is 89.3 cm³/mol. The van der Waals surface area contributed by atoms with Crippen molar-refractivity contribution in [3.63, 3.8) is 0 Å². The van der Waals surface area contributed by atoms with E-state index in [1.807, 2.05) is 12.1 Å². The van der Waals surface area contributed by atoms with E-state index < -0.39 is 10.8 Å². The lowest BCUT2D eigenvalue weighted by molar-refractivity contribution is 0.413. The summed E-state index contributed by atoms with van der Waals surface area (Å²) in [4.78, 5) is 0.629. The summed E-state index contributed by atoms with van der Waals surface area (Å²) in [5, 5.41) is 3.23. The number of anilines is 1. The molecule has 0 aliphatic rings. The van der Waals surface area contributed by atoms with Crippen LogP contribution in [0.25, 0.3) is 10.1 Å². The molecule has 0 saturated carbocycles. The SMILES string of the molecule is COc1ccc(N)c(S(=O)Cc2csc3ccccc23)c1. The molecule has 0 bridgehead atoms. The van der Waals surface area contributed by atoms with Crippen molar-refractivity contribution >= 4 is 37.9 Å². The van der Waals surface area contributed by atoms with Crippen molar-refractivity contribution in [2.24, 2.45) is 0 Å². The smallest absolute Gasteiger partial charge is 0.120 e. The molecule has 21 heavy (non-hydrogen) atoms. The van der Waals surface area contributed by atoms with Gasteiger partial charge in [-0.2, -0.15) is 0 Å². The maximum Gasteiger partial charge on any atom is 0.120 e. The fraction of sp³-hybridized carbons (Fsp3) is 0.125. The highest BCUT2D eigenvalue weighted by atomic mass is 32.2. The van der Waals surface area contributed by atoms with Gasteiger partial charge < -0.3 is 10.5 Å². The summed E-state index contributed by atoms with van der Waals surface area (Å²) in [6, 6.07) is 13.4. The summed E-state index contributed by atoms with van der Waals surface area (Å²) in [5.74, 6) is 1.13. The number of nitrogens with two attached hydrogens (primary N) is 1. The van der Waals surface area contributed by atoms with Crippen LogP contribution in [0.3, 0.4) is 0 Å². The van der Waals surface area contributed by atoms with Crippen LogP contribution in [0.2, 0.25) is 0 Å². The number of methoxy groups -OCH3 is 1. The van der Waals surface area contributed by atoms with Gasteiger partial charge in [0.2, 0.25) is 0 Å². The molecule has 3 aromatic rings. The Bertz CT molecular complexity index is 811. The molecule has 0 aliphatic carbocycles. The maximum absolute atomic E-state index is 12.6. The van der Waals surface area contributed by atoms with Crippen LogP contribution in [0.4, 0.5) is 5.69 Å². The predicted octanol–water partition coefficient (Wildman–Crippen LogP) is 3.80. The van der Waals surface area contributed by atoms with E-state index in [0.717, 1.165) is 10.9 Å². The van der Waals surface area contributed by atoms with E-state index in [4.69, 9.17) is 10.5 Å². The number of thiophene rings is 1. The average molecular weight is 317 g/mol. The molecule has 0 saturated heterocycles. The van der Waals surface area contributed by atoms with Crippen molar-refractivity contribution in [2.45, 2.75) is 10.6 Å². The van der Waals surface area contributed by atoms with E-state index in [1.54, 1.807) is 36.6 Å². The van der Waals surface area contributed by atoms with Gasteiger partial charge in [0.15, 0.2) is 0 Å². The lowest BCUT2D eigenvalue weighted by Crippen LogP contribution is -2.01. The molecular formula is C16H15NO2S2. The fourth-order valence-electron chi connectivity index (χ4n) is 2.20. The van der Waals surface area contributed by atoms with Gasteiger partial charge in [0.05, 0.1) is 28.6 Å². The molecule has 0 aliphatic heterocycles. The highest BCUT2D eigenvalue weighted by Gasteiger charge is 2.13. The molecule has 0 fully saturated rings. The zero-order valence-electron chi connectivity index (χ0n) is 11.5. The van der Waals surface area contributed by atoms with E-state index >= 15 is 0 Å². The van der Waals surface area contributed by atoms with Crippen molar-refractivity contribution in [1.82, 2.24) is 0 Å². The van der Waals surface area contributed by atoms with Crippen LogP contribution in [0.5, 0.6) is 5.75 Å². The van der Waals surface area contributed by atoms with Gasteiger partial charge in [0.1, 0.15) is 5.75 Å². The third-order valence-electron chi connectivity index (χ3n) is 3.31. The zero-order valence-corrected chi connectivity index (χ0v) is 13.2. The fourth-order valence-corrected chi connectivity index (χ4v) is 4.53. The number of hydrogen-bond acceptors (Lipinski definition) is 4. The minimum Gasteiger partial charge on any atom is -0.497 e. The van der Waals surface area contributed by atoms with E-state index in [0.29, 0.717) is 22.1 Å². The van der Waals surface area contributed by atoms with Crippen LogP contribution in [0.15, 0.2) is 52.7 Å². The molecule has 2 N–H and O–H groups in total. The van der Waals surface area contributed by atoms with Crippen molar-refractivity contribution in [3.05, 3.63) is 53.4 Å². The molecule has 3 nitrogen and oxygen atoms in total. The minimum atomic E-state index is -1.19. The first-order valence-corrected chi connectivity index (χ1v) is 8.66. The largest absolute Gasteiger partial charge is 0.497 e. The van der Waals surface area contributed by atoms with Gasteiger partial charge >= 0.3 is 0 Å². The summed E-state index contributed by atoms with van der Waals surface area (Å²) in [6.07, 6.45) is 0. The number of benzene rings is 2. The monoisotopic (exact) mass is 317 g/mol. The number of rotatable bonds is 4. The van der Waals surface area contributed by atoms with Crippen molar-refractivity contribution in [2.75, 3.05) is 12.8 Å². The van der Waals surface area contributed by atoms with Crippen LogP contribution < -0.4 is 10.5 Å². The topological polar surface area (TPSA) is 52.3 Å². The lowest BCUT2D eigenvalue weighted by atomic mass is 10.2. The summed E-state index contributed by atoms with van der Waals surface area (Å²) in [7, 11) is 0.397. The highest BCUT2D eigenvalue weighted by Crippen LogP contribution is 2.29. The molecule has 1 aromatic heterocycles. The molecule has 1 unspecified atom stereocenters. The second-order valence-corrected chi connectivity index (χ2v) is 6.98. The van der Waals surface area contributed by atoms with Gasteiger partial charge in [-0.3, -0.25) is 4.21 Å². The summed E-state index contributed by atoms with van der Waals surface area (Å²) in [5.41, 5.74) is 7.57. The molecule has 2 aromatic carbocycles. The third-order valence-corrected chi connectivity index (χ3v) is 5.74. The first-order chi connectivity index (χ1) is 10.2. The Hall–Kier alpha value is -1.85. The Balaban J connectivity index is 1.93. The Labute approximate surface area is 129 Å². The standard InChI is InChI=1S/C16H15NO2S2/c1-19-12-6-7-14(17)16(8-12)21(18)10-11-9-20-15-5-3-2-4-13(11)15/h2-9H,10,17H2,1H3. The van der Waals surface area contributed by atoms with Gasteiger partial charge in [-0.15, -0.1) is 11.3 Å². The van der Waals surface area contributed by atoms with Crippen LogP contribution in [0, 0.1) is 0 Å². The van der Waals surface area contributed by atoms with Crippen LogP contribution in [-0.4, -0.2) is 11.3 Å².